The maximum Gasteiger partial charge on any atom is 0.320 e. The molecule has 1 aliphatic heterocycles. The van der Waals surface area contributed by atoms with E-state index in [1.807, 2.05) is 6.92 Å². The molecule has 2 amide bonds. The second kappa shape index (κ2) is 5.80. The molecule has 5 nitrogen and oxygen atoms in total. The van der Waals surface area contributed by atoms with Gasteiger partial charge in [-0.1, -0.05) is 13.8 Å². The Hall–Kier alpha value is -1.26. The van der Waals surface area contributed by atoms with Gasteiger partial charge in [-0.3, -0.25) is 4.79 Å². The van der Waals surface area contributed by atoms with E-state index >= 15 is 0 Å². The number of carbonyl (C=O) groups excluding carboxylic acids is 1. The van der Waals surface area contributed by atoms with Crippen molar-refractivity contribution in [1.29, 1.82) is 0 Å². The molecule has 2 atom stereocenters. The van der Waals surface area contributed by atoms with Crippen LogP contribution in [0.15, 0.2) is 0 Å². The van der Waals surface area contributed by atoms with Gasteiger partial charge in [0.05, 0.1) is 5.41 Å². The zero-order valence-electron chi connectivity index (χ0n) is 12.6. The van der Waals surface area contributed by atoms with Crippen LogP contribution < -0.4 is 0 Å². The zero-order chi connectivity index (χ0) is 14.8. The molecule has 0 radical (unpaired) electrons. The van der Waals surface area contributed by atoms with Crippen molar-refractivity contribution >= 4 is 12.0 Å². The molecule has 1 N–H and O–H groups in total. The van der Waals surface area contributed by atoms with Gasteiger partial charge in [-0.25, -0.2) is 4.79 Å². The van der Waals surface area contributed by atoms with Crippen molar-refractivity contribution in [3.63, 3.8) is 0 Å². The Morgan fingerprint density at radius 1 is 1.32 bits per heavy atom. The number of likely N-dealkylation sites (tertiary alicyclic amines) is 1. The lowest BCUT2D eigenvalue weighted by atomic mass is 9.82. The number of nitrogens with zero attached hydrogens (tertiary/aromatic N) is 2. The lowest BCUT2D eigenvalue weighted by molar-refractivity contribution is -0.150. The average molecular weight is 270 g/mol. The molecule has 1 heterocycles. The van der Waals surface area contributed by atoms with Gasteiger partial charge in [0.25, 0.3) is 0 Å². The Bertz CT molecular complexity index is 357. The predicted molar refractivity (Wildman–Crippen MR) is 74.0 cm³/mol. The summed E-state index contributed by atoms with van der Waals surface area (Å²) < 4.78 is 0. The summed E-state index contributed by atoms with van der Waals surface area (Å²) in [5.74, 6) is -0.436. The molecule has 0 aromatic carbocycles. The van der Waals surface area contributed by atoms with Crippen LogP contribution in [0.2, 0.25) is 0 Å². The standard InChI is InChI=1S/C14H26N2O3/c1-10(2)11(3)15(5)13(19)16-8-6-7-14(4,9-16)12(17)18/h10-11H,6-9H2,1-5H3,(H,17,18). The largest absolute Gasteiger partial charge is 0.481 e. The second-order valence-corrected chi connectivity index (χ2v) is 6.27. The molecule has 0 spiro atoms. The molecule has 0 aromatic heterocycles. The zero-order valence-corrected chi connectivity index (χ0v) is 12.6. The van der Waals surface area contributed by atoms with E-state index in [0.717, 1.165) is 6.42 Å². The lowest BCUT2D eigenvalue weighted by Crippen LogP contribution is -2.53. The number of aliphatic carboxylic acids is 1. The maximum atomic E-state index is 12.4. The van der Waals surface area contributed by atoms with Crippen molar-refractivity contribution < 1.29 is 14.7 Å². The Morgan fingerprint density at radius 2 is 1.89 bits per heavy atom. The highest BCUT2D eigenvalue weighted by molar-refractivity contribution is 5.78. The van der Waals surface area contributed by atoms with E-state index in [0.29, 0.717) is 25.4 Å². The van der Waals surface area contributed by atoms with Gasteiger partial charge < -0.3 is 14.9 Å². The van der Waals surface area contributed by atoms with Crippen molar-refractivity contribution in [1.82, 2.24) is 9.80 Å². The summed E-state index contributed by atoms with van der Waals surface area (Å²) >= 11 is 0. The smallest absolute Gasteiger partial charge is 0.320 e. The van der Waals surface area contributed by atoms with E-state index in [9.17, 15) is 14.7 Å². The highest BCUT2D eigenvalue weighted by atomic mass is 16.4. The van der Waals surface area contributed by atoms with Crippen LogP contribution in [-0.4, -0.2) is 53.1 Å². The predicted octanol–water partition coefficient (Wildman–Crippen LogP) is 2.27. The molecule has 0 bridgehead atoms. The van der Waals surface area contributed by atoms with E-state index in [2.05, 4.69) is 13.8 Å². The Labute approximate surface area is 115 Å². The molecule has 1 saturated heterocycles. The minimum absolute atomic E-state index is 0.0617. The second-order valence-electron chi connectivity index (χ2n) is 6.27. The van der Waals surface area contributed by atoms with E-state index in [1.165, 1.54) is 0 Å². The summed E-state index contributed by atoms with van der Waals surface area (Å²) in [6.07, 6.45) is 1.38. The number of hydrogen-bond donors (Lipinski definition) is 1. The average Bonchev–Trinajstić information content (AvgIpc) is 2.35. The van der Waals surface area contributed by atoms with Crippen LogP contribution in [0.25, 0.3) is 0 Å². The van der Waals surface area contributed by atoms with Crippen LogP contribution in [0.1, 0.15) is 40.5 Å². The molecule has 0 saturated carbocycles. The lowest BCUT2D eigenvalue weighted by Gasteiger charge is -2.40. The summed E-state index contributed by atoms with van der Waals surface area (Å²) in [5.41, 5.74) is -0.810. The van der Waals surface area contributed by atoms with E-state index in [4.69, 9.17) is 0 Å². The van der Waals surface area contributed by atoms with Crippen molar-refractivity contribution in [3.8, 4) is 0 Å². The first-order valence-electron chi connectivity index (χ1n) is 6.94. The molecule has 0 aromatic rings. The van der Waals surface area contributed by atoms with Gasteiger partial charge in [-0.2, -0.15) is 0 Å². The van der Waals surface area contributed by atoms with Crippen molar-refractivity contribution in [2.45, 2.75) is 46.6 Å². The molecular weight excluding hydrogens is 244 g/mol. The monoisotopic (exact) mass is 270 g/mol. The van der Waals surface area contributed by atoms with Gasteiger partial charge in [0.2, 0.25) is 0 Å². The fraction of sp³-hybridized carbons (Fsp3) is 0.857. The normalized spacial score (nSPS) is 25.3. The SMILES string of the molecule is CC(C)C(C)N(C)C(=O)N1CCCC(C)(C(=O)O)C1. The highest BCUT2D eigenvalue weighted by Gasteiger charge is 2.40. The van der Waals surface area contributed by atoms with Crippen LogP contribution in [0.4, 0.5) is 4.79 Å². The highest BCUT2D eigenvalue weighted by Crippen LogP contribution is 2.30. The molecule has 19 heavy (non-hydrogen) atoms. The molecule has 0 aliphatic carbocycles. The number of urea groups is 1. The molecule has 5 heteroatoms. The Balaban J connectivity index is 2.75. The summed E-state index contributed by atoms with van der Waals surface area (Å²) in [5, 5.41) is 9.28. The summed E-state index contributed by atoms with van der Waals surface area (Å²) in [6.45, 7) is 8.84. The number of piperidine rings is 1. The van der Waals surface area contributed by atoms with Gasteiger partial charge >= 0.3 is 12.0 Å². The van der Waals surface area contributed by atoms with Crippen molar-refractivity contribution in [2.75, 3.05) is 20.1 Å². The van der Waals surface area contributed by atoms with Gasteiger partial charge in [0.15, 0.2) is 0 Å². The number of carbonyl (C=O) groups is 2. The van der Waals surface area contributed by atoms with Gasteiger partial charge in [0, 0.05) is 26.2 Å². The van der Waals surface area contributed by atoms with Crippen LogP contribution >= 0.6 is 0 Å². The van der Waals surface area contributed by atoms with Gasteiger partial charge in [-0.05, 0) is 32.6 Å². The third-order valence-electron chi connectivity index (χ3n) is 4.36. The maximum absolute atomic E-state index is 12.4. The molecular formula is C14H26N2O3. The third kappa shape index (κ3) is 3.39. The fourth-order valence-corrected chi connectivity index (χ4v) is 2.42. The quantitative estimate of drug-likeness (QED) is 0.855. The molecule has 110 valence electrons. The van der Waals surface area contributed by atoms with Crippen LogP contribution in [0.3, 0.4) is 0 Å². The van der Waals surface area contributed by atoms with E-state index in [1.54, 1.807) is 23.8 Å². The van der Waals surface area contributed by atoms with Gasteiger partial charge in [0.1, 0.15) is 0 Å². The summed E-state index contributed by atoms with van der Waals surface area (Å²) in [6, 6.07) is 0.0823. The van der Waals surface area contributed by atoms with Crippen LogP contribution in [-0.2, 0) is 4.79 Å². The third-order valence-corrected chi connectivity index (χ3v) is 4.36. The minimum Gasteiger partial charge on any atom is -0.481 e. The first kappa shape index (κ1) is 15.8. The molecule has 1 fully saturated rings. The number of rotatable bonds is 3. The van der Waals surface area contributed by atoms with Gasteiger partial charge in [-0.15, -0.1) is 0 Å². The number of amides is 2. The first-order valence-corrected chi connectivity index (χ1v) is 6.94. The minimum atomic E-state index is -0.815. The van der Waals surface area contributed by atoms with Crippen LogP contribution in [0, 0.1) is 11.3 Å². The topological polar surface area (TPSA) is 60.9 Å². The Kier molecular flexibility index (Phi) is 4.82. The van der Waals surface area contributed by atoms with E-state index in [-0.39, 0.29) is 12.1 Å². The number of carboxylic acid groups (broad SMARTS) is 1. The fourth-order valence-electron chi connectivity index (χ4n) is 2.42. The van der Waals surface area contributed by atoms with Crippen molar-refractivity contribution in [3.05, 3.63) is 0 Å². The first-order chi connectivity index (χ1) is 8.69. The molecule has 2 unspecified atom stereocenters. The number of hydrogen-bond acceptors (Lipinski definition) is 2. The molecule has 1 rings (SSSR count). The van der Waals surface area contributed by atoms with Crippen LogP contribution in [0.5, 0.6) is 0 Å². The summed E-state index contributed by atoms with van der Waals surface area (Å²) in [4.78, 5) is 27.1. The number of carboxylic acids is 1. The van der Waals surface area contributed by atoms with Crippen molar-refractivity contribution in [2.24, 2.45) is 11.3 Å². The Morgan fingerprint density at radius 3 is 2.37 bits per heavy atom. The summed E-state index contributed by atoms with van der Waals surface area (Å²) in [7, 11) is 1.79. The molecule has 1 aliphatic rings. The van der Waals surface area contributed by atoms with E-state index < -0.39 is 11.4 Å².